The van der Waals surface area contributed by atoms with Crippen molar-refractivity contribution in [2.45, 2.75) is 225 Å². The van der Waals surface area contributed by atoms with Crippen LogP contribution < -0.4 is 5.32 Å². The van der Waals surface area contributed by atoms with Gasteiger partial charge in [-0.1, -0.05) is 194 Å². The molecule has 4 N–H and O–H groups in total. The summed E-state index contributed by atoms with van der Waals surface area (Å²) in [6.45, 7) is 4.22. The van der Waals surface area contributed by atoms with Crippen molar-refractivity contribution in [1.82, 2.24) is 5.32 Å². The number of hydrogen-bond acceptors (Lipinski definition) is 4. The summed E-state index contributed by atoms with van der Waals surface area (Å²) in [6, 6.07) is -0.703. The van der Waals surface area contributed by atoms with E-state index >= 15 is 0 Å². The van der Waals surface area contributed by atoms with Crippen molar-refractivity contribution in [3.63, 3.8) is 0 Å². The van der Waals surface area contributed by atoms with Gasteiger partial charge in [0.05, 0.1) is 18.8 Å². The maximum Gasteiger partial charge on any atom is 0.249 e. The van der Waals surface area contributed by atoms with Crippen molar-refractivity contribution in [2.75, 3.05) is 6.61 Å². The molecule has 3 atom stereocenters. The first kappa shape index (κ1) is 41.4. The second-order valence-corrected chi connectivity index (χ2v) is 13.2. The van der Waals surface area contributed by atoms with Gasteiger partial charge in [0.1, 0.15) is 6.10 Å². The molecule has 5 nitrogen and oxygen atoms in total. The van der Waals surface area contributed by atoms with Crippen LogP contribution in [0.15, 0.2) is 0 Å². The molecule has 42 heavy (non-hydrogen) atoms. The van der Waals surface area contributed by atoms with Crippen LogP contribution in [0, 0.1) is 0 Å². The van der Waals surface area contributed by atoms with Gasteiger partial charge in [0, 0.05) is 0 Å². The number of unbranched alkanes of at least 4 members (excludes halogenated alkanes) is 26. The molecule has 0 fully saturated rings. The summed E-state index contributed by atoms with van der Waals surface area (Å²) in [5.41, 5.74) is 0. The molecule has 0 radical (unpaired) electrons. The third-order valence-electron chi connectivity index (χ3n) is 8.98. The van der Waals surface area contributed by atoms with Crippen LogP contribution in [0.5, 0.6) is 0 Å². The van der Waals surface area contributed by atoms with Gasteiger partial charge in [-0.25, -0.2) is 0 Å². The van der Waals surface area contributed by atoms with Crippen molar-refractivity contribution >= 4 is 5.91 Å². The highest BCUT2D eigenvalue weighted by molar-refractivity contribution is 5.80. The molecule has 0 bridgehead atoms. The fourth-order valence-corrected chi connectivity index (χ4v) is 5.95. The Morgan fingerprint density at radius 1 is 0.476 bits per heavy atom. The molecule has 0 spiro atoms. The number of aliphatic hydroxyl groups excluding tert-OH is 3. The van der Waals surface area contributed by atoms with Crippen LogP contribution in [0.1, 0.15) is 206 Å². The first-order valence-corrected chi connectivity index (χ1v) is 18.8. The van der Waals surface area contributed by atoms with Crippen molar-refractivity contribution < 1.29 is 20.1 Å². The summed E-state index contributed by atoms with van der Waals surface area (Å²) in [5.74, 6) is -0.469. The molecule has 0 aromatic carbocycles. The Hall–Kier alpha value is -0.650. The summed E-state index contributed by atoms with van der Waals surface area (Å²) in [7, 11) is 0. The minimum atomic E-state index is -1.07. The molecule has 0 saturated heterocycles. The van der Waals surface area contributed by atoms with Crippen LogP contribution >= 0.6 is 0 Å². The molecule has 252 valence electrons. The van der Waals surface area contributed by atoms with E-state index in [4.69, 9.17) is 0 Å². The predicted octanol–water partition coefficient (Wildman–Crippen LogP) is 9.93. The van der Waals surface area contributed by atoms with Gasteiger partial charge < -0.3 is 20.6 Å². The molecule has 0 aromatic heterocycles. The van der Waals surface area contributed by atoms with Gasteiger partial charge in [0.25, 0.3) is 0 Å². The van der Waals surface area contributed by atoms with Crippen molar-refractivity contribution in [2.24, 2.45) is 0 Å². The number of carbonyl (C=O) groups excluding carboxylic acids is 1. The second-order valence-electron chi connectivity index (χ2n) is 13.2. The zero-order chi connectivity index (χ0) is 30.9. The van der Waals surface area contributed by atoms with Gasteiger partial charge in [-0.2, -0.15) is 0 Å². The molecule has 0 aliphatic rings. The van der Waals surface area contributed by atoms with Crippen LogP contribution in [0.25, 0.3) is 0 Å². The van der Waals surface area contributed by atoms with E-state index in [9.17, 15) is 20.1 Å². The topological polar surface area (TPSA) is 89.8 Å². The van der Waals surface area contributed by atoms with E-state index in [0.29, 0.717) is 12.8 Å². The highest BCUT2D eigenvalue weighted by Gasteiger charge is 2.23. The predicted molar refractivity (Wildman–Crippen MR) is 181 cm³/mol. The summed E-state index contributed by atoms with van der Waals surface area (Å²) >= 11 is 0. The van der Waals surface area contributed by atoms with E-state index in [1.807, 2.05) is 0 Å². The average Bonchev–Trinajstić information content (AvgIpc) is 2.99. The first-order chi connectivity index (χ1) is 20.6. The molecule has 1 amide bonds. The molecule has 0 aliphatic heterocycles. The van der Waals surface area contributed by atoms with Gasteiger partial charge in [0.2, 0.25) is 5.91 Å². The molecular formula is C37H75NO4. The van der Waals surface area contributed by atoms with E-state index in [0.717, 1.165) is 32.1 Å². The summed E-state index contributed by atoms with van der Waals surface area (Å²) in [4.78, 5) is 12.4. The van der Waals surface area contributed by atoms with Crippen molar-refractivity contribution in [3.8, 4) is 0 Å². The SMILES string of the molecule is CCCCCCCCCCCCCCCCCC(O)C(CO)NC(=O)C(O)CCCCCCCCCCCCCCC. The Balaban J connectivity index is 3.65. The molecule has 5 heteroatoms. The lowest BCUT2D eigenvalue weighted by Crippen LogP contribution is -2.49. The van der Waals surface area contributed by atoms with E-state index < -0.39 is 24.2 Å². The lowest BCUT2D eigenvalue weighted by molar-refractivity contribution is -0.131. The maximum absolute atomic E-state index is 12.4. The summed E-state index contributed by atoms with van der Waals surface area (Å²) in [6.07, 6.45) is 35.1. The Kier molecular flexibility index (Phi) is 32.7. The lowest BCUT2D eigenvalue weighted by Gasteiger charge is -2.23. The van der Waals surface area contributed by atoms with Gasteiger partial charge in [-0.05, 0) is 12.8 Å². The zero-order valence-electron chi connectivity index (χ0n) is 28.4. The summed E-state index contributed by atoms with van der Waals surface area (Å²) < 4.78 is 0. The molecule has 3 unspecified atom stereocenters. The van der Waals surface area contributed by atoms with E-state index in [-0.39, 0.29) is 6.61 Å². The van der Waals surface area contributed by atoms with Crippen molar-refractivity contribution in [1.29, 1.82) is 0 Å². The van der Waals surface area contributed by atoms with Gasteiger partial charge in [-0.15, -0.1) is 0 Å². The van der Waals surface area contributed by atoms with Gasteiger partial charge >= 0.3 is 0 Å². The first-order valence-electron chi connectivity index (χ1n) is 18.8. The van der Waals surface area contributed by atoms with Crippen LogP contribution in [-0.4, -0.2) is 46.1 Å². The van der Waals surface area contributed by atoms with Crippen LogP contribution in [0.3, 0.4) is 0 Å². The fourth-order valence-electron chi connectivity index (χ4n) is 5.95. The normalized spacial score (nSPS) is 13.7. The number of amides is 1. The van der Waals surface area contributed by atoms with E-state index in [1.54, 1.807) is 0 Å². The van der Waals surface area contributed by atoms with Crippen LogP contribution in [-0.2, 0) is 4.79 Å². The fraction of sp³-hybridized carbons (Fsp3) is 0.973. The maximum atomic E-state index is 12.4. The van der Waals surface area contributed by atoms with Crippen molar-refractivity contribution in [3.05, 3.63) is 0 Å². The lowest BCUT2D eigenvalue weighted by atomic mass is 10.0. The largest absolute Gasteiger partial charge is 0.394 e. The smallest absolute Gasteiger partial charge is 0.249 e. The molecule has 0 aliphatic carbocycles. The molecule has 0 saturated carbocycles. The minimum absolute atomic E-state index is 0.308. The highest BCUT2D eigenvalue weighted by Crippen LogP contribution is 2.16. The third kappa shape index (κ3) is 28.1. The van der Waals surface area contributed by atoms with Crippen LogP contribution in [0.2, 0.25) is 0 Å². The third-order valence-corrected chi connectivity index (χ3v) is 8.98. The number of hydrogen-bond donors (Lipinski definition) is 4. The monoisotopic (exact) mass is 598 g/mol. The van der Waals surface area contributed by atoms with E-state index in [2.05, 4.69) is 19.2 Å². The Morgan fingerprint density at radius 3 is 1.07 bits per heavy atom. The second kappa shape index (κ2) is 33.2. The summed E-state index contributed by atoms with van der Waals surface area (Å²) in [5, 5.41) is 33.1. The molecule has 0 heterocycles. The van der Waals surface area contributed by atoms with Gasteiger partial charge in [-0.3, -0.25) is 4.79 Å². The number of nitrogens with one attached hydrogen (secondary N) is 1. The van der Waals surface area contributed by atoms with E-state index in [1.165, 1.54) is 148 Å². The standard InChI is InChI=1S/C37H75NO4/c1-3-5-7-9-11-13-15-17-18-20-21-23-25-27-29-31-35(40)34(33-39)38-37(42)36(41)32-30-28-26-24-22-19-16-14-12-10-8-6-4-2/h34-36,39-41H,3-33H2,1-2H3,(H,38,42). The number of rotatable bonds is 34. The Labute approximate surface area is 262 Å². The average molecular weight is 598 g/mol. The minimum Gasteiger partial charge on any atom is -0.394 e. The van der Waals surface area contributed by atoms with Crippen LogP contribution in [0.4, 0.5) is 0 Å². The molecular weight excluding hydrogens is 522 g/mol. The quantitative estimate of drug-likeness (QED) is 0.0556. The highest BCUT2D eigenvalue weighted by atomic mass is 16.3. The number of aliphatic hydroxyl groups is 3. The molecule has 0 rings (SSSR count). The zero-order valence-corrected chi connectivity index (χ0v) is 28.4. The Bertz CT molecular complexity index is 544. The molecule has 0 aromatic rings. The Morgan fingerprint density at radius 2 is 0.762 bits per heavy atom. The number of carbonyl (C=O) groups is 1. The van der Waals surface area contributed by atoms with Gasteiger partial charge in [0.15, 0.2) is 0 Å².